The number of H-pyrrole nitrogens is 1. The number of rotatable bonds is 1. The lowest BCUT2D eigenvalue weighted by Crippen LogP contribution is -1.79. The third-order valence-corrected chi connectivity index (χ3v) is 2.12. The Balaban J connectivity index is 2.86. The molecule has 0 amide bonds. The Labute approximate surface area is 74.4 Å². The Hall–Kier alpha value is -1.64. The van der Waals surface area contributed by atoms with Crippen LogP contribution in [0.1, 0.15) is 16.1 Å². The van der Waals surface area contributed by atoms with Crippen LogP contribution in [0.5, 0.6) is 0 Å². The van der Waals surface area contributed by atoms with Crippen LogP contribution in [-0.2, 0) is 0 Å². The van der Waals surface area contributed by atoms with Crippen molar-refractivity contribution in [3.63, 3.8) is 0 Å². The number of fused-ring (bicyclic) bond motifs is 1. The highest BCUT2D eigenvalue weighted by Crippen LogP contribution is 2.20. The molecule has 0 aliphatic rings. The number of halogens is 1. The van der Waals surface area contributed by atoms with E-state index in [1.807, 2.05) is 0 Å². The molecule has 0 atom stereocenters. The van der Waals surface area contributed by atoms with E-state index in [0.29, 0.717) is 11.1 Å². The van der Waals surface area contributed by atoms with Gasteiger partial charge in [0.25, 0.3) is 0 Å². The summed E-state index contributed by atoms with van der Waals surface area (Å²) in [7, 11) is 0. The van der Waals surface area contributed by atoms with Gasteiger partial charge in [-0.1, -0.05) is 0 Å². The molecule has 66 valence electrons. The minimum absolute atomic E-state index is 0.300. The SMILES string of the molecule is Cc1[nH]c2cc(F)ccc2c1C=O. The average Bonchev–Trinajstić information content (AvgIpc) is 2.39. The highest BCUT2D eigenvalue weighted by molar-refractivity contribution is 5.98. The second-order valence-electron chi connectivity index (χ2n) is 2.97. The number of carbonyl (C=O) groups excluding carboxylic acids is 1. The van der Waals surface area contributed by atoms with Gasteiger partial charge in [0.1, 0.15) is 5.82 Å². The number of aromatic nitrogens is 1. The number of hydrogen-bond donors (Lipinski definition) is 1. The lowest BCUT2D eigenvalue weighted by Gasteiger charge is -1.89. The largest absolute Gasteiger partial charge is 0.358 e. The molecule has 2 aromatic rings. The van der Waals surface area contributed by atoms with Gasteiger partial charge < -0.3 is 4.98 Å². The number of aromatic amines is 1. The fourth-order valence-corrected chi connectivity index (χ4v) is 1.48. The quantitative estimate of drug-likeness (QED) is 0.666. The summed E-state index contributed by atoms with van der Waals surface area (Å²) >= 11 is 0. The lowest BCUT2D eigenvalue weighted by molar-refractivity contribution is 0.112. The number of carbonyl (C=O) groups is 1. The first-order chi connectivity index (χ1) is 6.22. The molecule has 1 aromatic heterocycles. The van der Waals surface area contributed by atoms with Crippen molar-refractivity contribution in [1.29, 1.82) is 0 Å². The van der Waals surface area contributed by atoms with Gasteiger partial charge in [0.15, 0.2) is 6.29 Å². The fraction of sp³-hybridized carbons (Fsp3) is 0.100. The summed E-state index contributed by atoms with van der Waals surface area (Å²) in [5.74, 6) is -0.300. The van der Waals surface area contributed by atoms with Crippen LogP contribution in [0.2, 0.25) is 0 Å². The monoisotopic (exact) mass is 177 g/mol. The van der Waals surface area contributed by atoms with Crippen molar-refractivity contribution >= 4 is 17.2 Å². The summed E-state index contributed by atoms with van der Waals surface area (Å²) in [5, 5.41) is 0.772. The molecule has 13 heavy (non-hydrogen) atoms. The van der Waals surface area contributed by atoms with Gasteiger partial charge in [-0.25, -0.2) is 4.39 Å². The van der Waals surface area contributed by atoms with Crippen molar-refractivity contribution in [3.05, 3.63) is 35.3 Å². The highest BCUT2D eigenvalue weighted by Gasteiger charge is 2.07. The Morgan fingerprint density at radius 2 is 2.23 bits per heavy atom. The first-order valence-electron chi connectivity index (χ1n) is 3.95. The molecule has 0 unspecified atom stereocenters. The second-order valence-corrected chi connectivity index (χ2v) is 2.97. The lowest BCUT2D eigenvalue weighted by atomic mass is 10.1. The van der Waals surface area contributed by atoms with E-state index in [-0.39, 0.29) is 5.82 Å². The van der Waals surface area contributed by atoms with Crippen molar-refractivity contribution in [1.82, 2.24) is 4.98 Å². The third-order valence-electron chi connectivity index (χ3n) is 2.12. The molecule has 3 heteroatoms. The maximum Gasteiger partial charge on any atom is 0.152 e. The van der Waals surface area contributed by atoms with Crippen molar-refractivity contribution in [2.24, 2.45) is 0 Å². The van der Waals surface area contributed by atoms with Gasteiger partial charge in [-0.3, -0.25) is 4.79 Å². The van der Waals surface area contributed by atoms with Gasteiger partial charge in [-0.15, -0.1) is 0 Å². The van der Waals surface area contributed by atoms with Gasteiger partial charge >= 0.3 is 0 Å². The van der Waals surface area contributed by atoms with Gasteiger partial charge in [-0.2, -0.15) is 0 Å². The smallest absolute Gasteiger partial charge is 0.152 e. The minimum atomic E-state index is -0.300. The molecule has 2 nitrogen and oxygen atoms in total. The molecule has 0 aliphatic heterocycles. The van der Waals surface area contributed by atoms with Gasteiger partial charge in [-0.05, 0) is 25.1 Å². The molecular weight excluding hydrogens is 169 g/mol. The highest BCUT2D eigenvalue weighted by atomic mass is 19.1. The molecule has 0 radical (unpaired) electrons. The van der Waals surface area contributed by atoms with E-state index in [1.165, 1.54) is 12.1 Å². The standard InChI is InChI=1S/C10H8FNO/c1-6-9(5-13)8-3-2-7(11)4-10(8)12-6/h2-5,12H,1H3. The summed E-state index contributed by atoms with van der Waals surface area (Å²) in [6, 6.07) is 4.34. The first-order valence-corrected chi connectivity index (χ1v) is 3.95. The predicted molar refractivity (Wildman–Crippen MR) is 48.4 cm³/mol. The molecule has 1 heterocycles. The molecule has 1 N–H and O–H groups in total. The van der Waals surface area contributed by atoms with Gasteiger partial charge in [0, 0.05) is 22.2 Å². The molecular formula is C10H8FNO. The van der Waals surface area contributed by atoms with Crippen molar-refractivity contribution in [2.45, 2.75) is 6.92 Å². The molecule has 0 saturated carbocycles. The van der Waals surface area contributed by atoms with Crippen LogP contribution in [0.15, 0.2) is 18.2 Å². The molecule has 2 rings (SSSR count). The Morgan fingerprint density at radius 1 is 1.46 bits per heavy atom. The van der Waals surface area contributed by atoms with E-state index in [0.717, 1.165) is 17.4 Å². The topological polar surface area (TPSA) is 32.9 Å². The normalized spacial score (nSPS) is 10.6. The Bertz CT molecular complexity index is 473. The van der Waals surface area contributed by atoms with Crippen LogP contribution >= 0.6 is 0 Å². The van der Waals surface area contributed by atoms with Crippen LogP contribution in [0.25, 0.3) is 10.9 Å². The van der Waals surface area contributed by atoms with Gasteiger partial charge in [0.05, 0.1) is 0 Å². The molecule has 0 fully saturated rings. The Morgan fingerprint density at radius 3 is 2.92 bits per heavy atom. The molecule has 0 saturated heterocycles. The average molecular weight is 177 g/mol. The van der Waals surface area contributed by atoms with E-state index in [1.54, 1.807) is 13.0 Å². The summed E-state index contributed by atoms with van der Waals surface area (Å²) < 4.78 is 12.8. The minimum Gasteiger partial charge on any atom is -0.358 e. The van der Waals surface area contributed by atoms with E-state index in [4.69, 9.17) is 0 Å². The van der Waals surface area contributed by atoms with E-state index in [2.05, 4.69) is 4.98 Å². The molecule has 1 aromatic carbocycles. The molecule has 0 aliphatic carbocycles. The number of aryl methyl sites for hydroxylation is 1. The summed E-state index contributed by atoms with van der Waals surface area (Å²) in [4.78, 5) is 13.6. The number of aldehydes is 1. The Kier molecular flexibility index (Phi) is 1.65. The predicted octanol–water partition coefficient (Wildman–Crippen LogP) is 2.43. The first kappa shape index (κ1) is 7.98. The van der Waals surface area contributed by atoms with E-state index >= 15 is 0 Å². The molecule has 0 spiro atoms. The maximum absolute atomic E-state index is 12.8. The van der Waals surface area contributed by atoms with Crippen LogP contribution in [-0.4, -0.2) is 11.3 Å². The van der Waals surface area contributed by atoms with Crippen LogP contribution in [0, 0.1) is 12.7 Å². The maximum atomic E-state index is 12.8. The number of benzene rings is 1. The van der Waals surface area contributed by atoms with Crippen molar-refractivity contribution in [3.8, 4) is 0 Å². The third kappa shape index (κ3) is 1.13. The van der Waals surface area contributed by atoms with Crippen LogP contribution in [0.4, 0.5) is 4.39 Å². The van der Waals surface area contributed by atoms with Crippen molar-refractivity contribution < 1.29 is 9.18 Å². The zero-order chi connectivity index (χ0) is 9.42. The summed E-state index contributed by atoms with van der Waals surface area (Å²) in [6.45, 7) is 1.79. The van der Waals surface area contributed by atoms with E-state index in [9.17, 15) is 9.18 Å². The summed E-state index contributed by atoms with van der Waals surface area (Å²) in [6.07, 6.45) is 0.784. The van der Waals surface area contributed by atoms with Crippen molar-refractivity contribution in [2.75, 3.05) is 0 Å². The van der Waals surface area contributed by atoms with Gasteiger partial charge in [0.2, 0.25) is 0 Å². The zero-order valence-corrected chi connectivity index (χ0v) is 7.10. The van der Waals surface area contributed by atoms with Crippen LogP contribution in [0.3, 0.4) is 0 Å². The fourth-order valence-electron chi connectivity index (χ4n) is 1.48. The second kappa shape index (κ2) is 2.69. The zero-order valence-electron chi connectivity index (χ0n) is 7.10. The van der Waals surface area contributed by atoms with E-state index < -0.39 is 0 Å². The summed E-state index contributed by atoms with van der Waals surface area (Å²) in [5.41, 5.74) is 2.05. The number of nitrogens with one attached hydrogen (secondary N) is 1. The van der Waals surface area contributed by atoms with Crippen LogP contribution < -0.4 is 0 Å². The number of hydrogen-bond acceptors (Lipinski definition) is 1. The molecule has 0 bridgehead atoms.